The minimum Gasteiger partial charge on any atom is -0.381 e. The summed E-state index contributed by atoms with van der Waals surface area (Å²) in [5.41, 5.74) is 0.978. The third-order valence-corrected chi connectivity index (χ3v) is 5.42. The molecule has 26 heavy (non-hydrogen) atoms. The van der Waals surface area contributed by atoms with Gasteiger partial charge in [-0.05, 0) is 49.9 Å². The zero-order chi connectivity index (χ0) is 18.1. The quantitative estimate of drug-likeness (QED) is 0.199. The lowest BCUT2D eigenvalue weighted by Crippen LogP contribution is -2.37. The SMILES string of the molecule is CN=C(NCCCOCC1CC1)NCc1ccc(S(=O)(=O)NC)cc1.I. The number of ether oxygens (including phenoxy) is 1. The predicted molar refractivity (Wildman–Crippen MR) is 114 cm³/mol. The number of halogens is 1. The number of benzene rings is 1. The molecule has 1 saturated carbocycles. The van der Waals surface area contributed by atoms with E-state index in [1.807, 2.05) is 0 Å². The molecule has 9 heteroatoms. The Morgan fingerprint density at radius 1 is 1.23 bits per heavy atom. The topological polar surface area (TPSA) is 91.8 Å². The van der Waals surface area contributed by atoms with E-state index >= 15 is 0 Å². The number of aliphatic imine (C=N–C) groups is 1. The molecule has 3 N–H and O–H groups in total. The van der Waals surface area contributed by atoms with Gasteiger partial charge in [-0.3, -0.25) is 4.99 Å². The Labute approximate surface area is 173 Å². The molecule has 1 aromatic carbocycles. The summed E-state index contributed by atoms with van der Waals surface area (Å²) < 4.78 is 31.3. The third-order valence-electron chi connectivity index (χ3n) is 3.99. The molecule has 1 fully saturated rings. The average molecular weight is 496 g/mol. The Hall–Kier alpha value is -0.910. The van der Waals surface area contributed by atoms with Crippen LogP contribution in [0.25, 0.3) is 0 Å². The lowest BCUT2D eigenvalue weighted by molar-refractivity contribution is 0.123. The normalized spacial score (nSPS) is 14.6. The van der Waals surface area contributed by atoms with Crippen molar-refractivity contribution in [3.8, 4) is 0 Å². The monoisotopic (exact) mass is 496 g/mol. The van der Waals surface area contributed by atoms with Gasteiger partial charge in [-0.25, -0.2) is 13.1 Å². The van der Waals surface area contributed by atoms with Gasteiger partial charge in [0.15, 0.2) is 5.96 Å². The molecule has 0 spiro atoms. The van der Waals surface area contributed by atoms with Crippen LogP contribution >= 0.6 is 24.0 Å². The lowest BCUT2D eigenvalue weighted by Gasteiger charge is -2.12. The summed E-state index contributed by atoms with van der Waals surface area (Å²) in [6, 6.07) is 6.76. The molecule has 0 bridgehead atoms. The second kappa shape index (κ2) is 11.7. The van der Waals surface area contributed by atoms with Crippen LogP contribution in [0.3, 0.4) is 0 Å². The van der Waals surface area contributed by atoms with Crippen molar-refractivity contribution in [2.45, 2.75) is 30.7 Å². The molecule has 0 radical (unpaired) electrons. The van der Waals surface area contributed by atoms with Gasteiger partial charge >= 0.3 is 0 Å². The zero-order valence-electron chi connectivity index (χ0n) is 15.3. The van der Waals surface area contributed by atoms with Gasteiger partial charge in [0.2, 0.25) is 10.0 Å². The van der Waals surface area contributed by atoms with Crippen LogP contribution in [-0.4, -0.2) is 48.2 Å². The number of hydrogen-bond donors (Lipinski definition) is 3. The molecule has 1 aliphatic carbocycles. The smallest absolute Gasteiger partial charge is 0.240 e. The van der Waals surface area contributed by atoms with Crippen molar-refractivity contribution in [1.82, 2.24) is 15.4 Å². The number of sulfonamides is 1. The maximum atomic E-state index is 11.7. The number of nitrogens with zero attached hydrogens (tertiary/aromatic N) is 1. The first kappa shape index (κ1) is 23.1. The molecule has 148 valence electrons. The summed E-state index contributed by atoms with van der Waals surface area (Å²) >= 11 is 0. The first-order valence-electron chi connectivity index (χ1n) is 8.60. The summed E-state index contributed by atoms with van der Waals surface area (Å²) in [5.74, 6) is 1.52. The largest absolute Gasteiger partial charge is 0.381 e. The first-order chi connectivity index (χ1) is 12.0. The molecule has 0 amide bonds. The molecule has 2 rings (SSSR count). The molecule has 7 nitrogen and oxygen atoms in total. The molecule has 0 saturated heterocycles. The van der Waals surface area contributed by atoms with Gasteiger partial charge in [-0.2, -0.15) is 0 Å². The van der Waals surface area contributed by atoms with Gasteiger partial charge in [0.05, 0.1) is 4.90 Å². The maximum Gasteiger partial charge on any atom is 0.240 e. The fourth-order valence-corrected chi connectivity index (χ4v) is 2.96. The van der Waals surface area contributed by atoms with E-state index in [1.165, 1.54) is 19.9 Å². The van der Waals surface area contributed by atoms with E-state index in [9.17, 15) is 8.42 Å². The first-order valence-corrected chi connectivity index (χ1v) is 10.1. The molecule has 1 aromatic rings. The van der Waals surface area contributed by atoms with Crippen molar-refractivity contribution in [2.24, 2.45) is 10.9 Å². The molecule has 1 aliphatic rings. The van der Waals surface area contributed by atoms with Gasteiger partial charge < -0.3 is 15.4 Å². The molecule has 0 heterocycles. The van der Waals surface area contributed by atoms with Crippen molar-refractivity contribution in [3.63, 3.8) is 0 Å². The third kappa shape index (κ3) is 8.19. The van der Waals surface area contributed by atoms with Crippen LogP contribution in [0.1, 0.15) is 24.8 Å². The van der Waals surface area contributed by atoms with E-state index in [2.05, 4.69) is 20.3 Å². The molecule has 0 aliphatic heterocycles. The molecule has 0 unspecified atom stereocenters. The second-order valence-electron chi connectivity index (χ2n) is 6.08. The van der Waals surface area contributed by atoms with Gasteiger partial charge in [-0.15, -0.1) is 24.0 Å². The zero-order valence-corrected chi connectivity index (χ0v) is 18.5. The van der Waals surface area contributed by atoms with Gasteiger partial charge in [0, 0.05) is 33.4 Å². The summed E-state index contributed by atoms with van der Waals surface area (Å²) in [4.78, 5) is 4.43. The van der Waals surface area contributed by atoms with E-state index in [0.717, 1.165) is 37.7 Å². The highest BCUT2D eigenvalue weighted by molar-refractivity contribution is 14.0. The number of hydrogen-bond acceptors (Lipinski definition) is 4. The Bertz CT molecular complexity index is 661. The minimum absolute atomic E-state index is 0. The Morgan fingerprint density at radius 2 is 1.92 bits per heavy atom. The number of rotatable bonds is 10. The molecule has 0 aromatic heterocycles. The molecular formula is C17H29IN4O3S. The van der Waals surface area contributed by atoms with Crippen molar-refractivity contribution in [3.05, 3.63) is 29.8 Å². The summed E-state index contributed by atoms with van der Waals surface area (Å²) in [5, 5.41) is 6.45. The number of guanidine groups is 1. The fraction of sp³-hybridized carbons (Fsp3) is 0.588. The predicted octanol–water partition coefficient (Wildman–Crippen LogP) is 1.69. The van der Waals surface area contributed by atoms with Crippen molar-refractivity contribution < 1.29 is 13.2 Å². The average Bonchev–Trinajstić information content (AvgIpc) is 3.45. The number of nitrogens with one attached hydrogen (secondary N) is 3. The van der Waals surface area contributed by atoms with Crippen molar-refractivity contribution in [2.75, 3.05) is 33.9 Å². The minimum atomic E-state index is -3.39. The highest BCUT2D eigenvalue weighted by atomic mass is 127. The van der Waals surface area contributed by atoms with E-state index < -0.39 is 10.0 Å². The van der Waals surface area contributed by atoms with Crippen LogP contribution in [0.2, 0.25) is 0 Å². The Kier molecular flexibility index (Phi) is 10.4. The van der Waals surface area contributed by atoms with Crippen LogP contribution in [0.15, 0.2) is 34.2 Å². The van der Waals surface area contributed by atoms with Crippen LogP contribution < -0.4 is 15.4 Å². The fourth-order valence-electron chi connectivity index (χ4n) is 2.23. The van der Waals surface area contributed by atoms with E-state index in [1.54, 1.807) is 31.3 Å². The maximum absolute atomic E-state index is 11.7. The Balaban J connectivity index is 0.00000338. The summed E-state index contributed by atoms with van der Waals surface area (Å²) in [6.45, 7) is 3.02. The van der Waals surface area contributed by atoms with E-state index in [-0.39, 0.29) is 28.9 Å². The highest BCUT2D eigenvalue weighted by Gasteiger charge is 2.20. The summed E-state index contributed by atoms with van der Waals surface area (Å²) in [6.07, 6.45) is 3.57. The van der Waals surface area contributed by atoms with Gasteiger partial charge in [0.25, 0.3) is 0 Å². The highest BCUT2D eigenvalue weighted by Crippen LogP contribution is 2.28. The van der Waals surface area contributed by atoms with E-state index in [4.69, 9.17) is 4.74 Å². The van der Waals surface area contributed by atoms with Crippen molar-refractivity contribution >= 4 is 40.0 Å². The summed E-state index contributed by atoms with van der Waals surface area (Å²) in [7, 11) is -0.267. The lowest BCUT2D eigenvalue weighted by atomic mass is 10.2. The van der Waals surface area contributed by atoms with Crippen LogP contribution in [0, 0.1) is 5.92 Å². The van der Waals surface area contributed by atoms with Crippen molar-refractivity contribution in [1.29, 1.82) is 0 Å². The van der Waals surface area contributed by atoms with Gasteiger partial charge in [-0.1, -0.05) is 12.1 Å². The van der Waals surface area contributed by atoms with E-state index in [0.29, 0.717) is 12.5 Å². The van der Waals surface area contributed by atoms with Crippen LogP contribution in [-0.2, 0) is 21.3 Å². The standard InChI is InChI=1S/C17H28N4O3S.HI/c1-18-17(20-10-3-11-24-13-15-4-5-15)21-12-14-6-8-16(9-7-14)25(22,23)19-2;/h6-9,15,19H,3-5,10-13H2,1-2H3,(H2,18,20,21);1H. The molecule has 0 atom stereocenters. The molecular weight excluding hydrogens is 467 g/mol. The van der Waals surface area contributed by atoms with Crippen LogP contribution in [0.5, 0.6) is 0 Å². The Morgan fingerprint density at radius 3 is 2.50 bits per heavy atom. The van der Waals surface area contributed by atoms with Gasteiger partial charge in [0.1, 0.15) is 0 Å². The van der Waals surface area contributed by atoms with Crippen LogP contribution in [0.4, 0.5) is 0 Å². The second-order valence-corrected chi connectivity index (χ2v) is 7.96.